The Morgan fingerprint density at radius 1 is 1.27 bits per heavy atom. The Hall–Kier alpha value is -1.82. The van der Waals surface area contributed by atoms with E-state index >= 15 is 0 Å². The average Bonchev–Trinajstić information content (AvgIpc) is 2.98. The van der Waals surface area contributed by atoms with Gasteiger partial charge in [0, 0.05) is 11.7 Å². The van der Waals surface area contributed by atoms with Crippen LogP contribution in [0.25, 0.3) is 5.69 Å². The summed E-state index contributed by atoms with van der Waals surface area (Å²) < 4.78 is 2.01. The molecule has 1 aliphatic carbocycles. The van der Waals surface area contributed by atoms with Crippen molar-refractivity contribution in [3.8, 4) is 5.69 Å². The van der Waals surface area contributed by atoms with Gasteiger partial charge in [-0.1, -0.05) is 50.6 Å². The summed E-state index contributed by atoms with van der Waals surface area (Å²) in [6.07, 6.45) is 3.55. The number of aryl methyl sites for hydroxylation is 2. The van der Waals surface area contributed by atoms with Crippen LogP contribution in [-0.2, 0) is 4.79 Å². The van der Waals surface area contributed by atoms with E-state index in [0.29, 0.717) is 23.6 Å². The molecule has 3 atom stereocenters. The molecule has 1 fully saturated rings. The van der Waals surface area contributed by atoms with E-state index < -0.39 is 0 Å². The molecule has 0 aliphatic heterocycles. The van der Waals surface area contributed by atoms with Crippen LogP contribution in [0.5, 0.6) is 0 Å². The van der Waals surface area contributed by atoms with Crippen LogP contribution in [-0.4, -0.2) is 32.5 Å². The number of nitrogens with zero attached hydrogens (tertiary/aromatic N) is 3. The van der Waals surface area contributed by atoms with Crippen LogP contribution in [0.3, 0.4) is 0 Å². The largest absolute Gasteiger partial charge is 0.352 e. The molecule has 1 saturated carbocycles. The first-order chi connectivity index (χ1) is 12.5. The van der Waals surface area contributed by atoms with Crippen molar-refractivity contribution in [2.24, 2.45) is 11.8 Å². The Morgan fingerprint density at radius 2 is 2.08 bits per heavy atom. The van der Waals surface area contributed by atoms with Gasteiger partial charge in [0.2, 0.25) is 5.91 Å². The molecule has 5 nitrogen and oxygen atoms in total. The summed E-state index contributed by atoms with van der Waals surface area (Å²) >= 11 is 1.44. The molecule has 6 heteroatoms. The van der Waals surface area contributed by atoms with E-state index in [1.54, 1.807) is 0 Å². The molecule has 1 N–H and O–H groups in total. The number of rotatable bonds is 5. The van der Waals surface area contributed by atoms with Gasteiger partial charge in [0.1, 0.15) is 5.82 Å². The molecule has 0 unspecified atom stereocenters. The lowest BCUT2D eigenvalue weighted by Crippen LogP contribution is -2.44. The molecule has 1 aromatic heterocycles. The fraction of sp³-hybridized carbons (Fsp3) is 0.550. The van der Waals surface area contributed by atoms with Crippen LogP contribution < -0.4 is 5.32 Å². The average molecular weight is 373 g/mol. The Labute approximate surface area is 160 Å². The number of carbonyl (C=O) groups is 1. The number of nitrogens with one attached hydrogen (secondary N) is 1. The van der Waals surface area contributed by atoms with E-state index in [9.17, 15) is 4.79 Å². The second-order valence-corrected chi connectivity index (χ2v) is 8.38. The minimum absolute atomic E-state index is 0.0809. The number of hydrogen-bond donors (Lipinski definition) is 1. The van der Waals surface area contributed by atoms with Crippen LogP contribution in [0.4, 0.5) is 0 Å². The lowest BCUT2D eigenvalue weighted by atomic mass is 9.78. The van der Waals surface area contributed by atoms with Crippen LogP contribution in [0, 0.1) is 25.7 Å². The van der Waals surface area contributed by atoms with Gasteiger partial charge >= 0.3 is 0 Å². The summed E-state index contributed by atoms with van der Waals surface area (Å²) in [5.41, 5.74) is 2.22. The first kappa shape index (κ1) is 19.0. The second-order valence-electron chi connectivity index (χ2n) is 7.43. The van der Waals surface area contributed by atoms with Crippen LogP contribution in [0.15, 0.2) is 29.4 Å². The summed E-state index contributed by atoms with van der Waals surface area (Å²) in [6.45, 7) is 8.53. The molecule has 140 valence electrons. The monoisotopic (exact) mass is 372 g/mol. The van der Waals surface area contributed by atoms with Crippen molar-refractivity contribution in [3.63, 3.8) is 0 Å². The van der Waals surface area contributed by atoms with Crippen molar-refractivity contribution in [1.82, 2.24) is 20.1 Å². The van der Waals surface area contributed by atoms with Gasteiger partial charge in [0.25, 0.3) is 0 Å². The molecule has 0 spiro atoms. The molecular weight excluding hydrogens is 344 g/mol. The number of carbonyl (C=O) groups excluding carboxylic acids is 1. The van der Waals surface area contributed by atoms with E-state index in [4.69, 9.17) is 0 Å². The van der Waals surface area contributed by atoms with Crippen molar-refractivity contribution in [1.29, 1.82) is 0 Å². The molecular formula is C20H28N4OS. The van der Waals surface area contributed by atoms with Gasteiger partial charge in [-0.3, -0.25) is 9.36 Å². The molecule has 3 rings (SSSR count). The topological polar surface area (TPSA) is 59.8 Å². The normalized spacial score (nSPS) is 23.0. The summed E-state index contributed by atoms with van der Waals surface area (Å²) in [4.78, 5) is 12.5. The van der Waals surface area contributed by atoms with Crippen LogP contribution in [0.1, 0.15) is 44.5 Å². The quantitative estimate of drug-likeness (QED) is 0.808. The van der Waals surface area contributed by atoms with Crippen molar-refractivity contribution < 1.29 is 4.79 Å². The summed E-state index contributed by atoms with van der Waals surface area (Å²) in [6, 6.07) is 8.53. The first-order valence-corrected chi connectivity index (χ1v) is 10.4. The molecule has 26 heavy (non-hydrogen) atoms. The van der Waals surface area contributed by atoms with Crippen molar-refractivity contribution in [3.05, 3.63) is 35.7 Å². The summed E-state index contributed by atoms with van der Waals surface area (Å²) in [5.74, 6) is 2.48. The third-order valence-corrected chi connectivity index (χ3v) is 6.37. The zero-order chi connectivity index (χ0) is 18.7. The number of amides is 1. The fourth-order valence-corrected chi connectivity index (χ4v) is 4.47. The van der Waals surface area contributed by atoms with Crippen LogP contribution in [0.2, 0.25) is 0 Å². The van der Waals surface area contributed by atoms with Crippen LogP contribution >= 0.6 is 11.8 Å². The maximum Gasteiger partial charge on any atom is 0.230 e. The number of benzene rings is 1. The highest BCUT2D eigenvalue weighted by molar-refractivity contribution is 7.99. The Balaban J connectivity index is 1.64. The molecule has 1 amide bonds. The zero-order valence-corrected chi connectivity index (χ0v) is 16.8. The highest BCUT2D eigenvalue weighted by atomic mass is 32.2. The van der Waals surface area contributed by atoms with E-state index in [1.807, 2.05) is 23.6 Å². The van der Waals surface area contributed by atoms with Gasteiger partial charge in [-0.15, -0.1) is 10.2 Å². The SMILES string of the molecule is Cc1cccc(-n2c(C)nnc2SCC(=O)N[C@H]2CCC[C@H](C)[C@@H]2C)c1. The minimum Gasteiger partial charge on any atom is -0.352 e. The Bertz CT molecular complexity index is 773. The maximum absolute atomic E-state index is 12.5. The molecule has 1 heterocycles. The Kier molecular flexibility index (Phi) is 6.01. The van der Waals surface area contributed by atoms with Crippen molar-refractivity contribution in [2.45, 2.75) is 58.2 Å². The van der Waals surface area contributed by atoms with E-state index in [-0.39, 0.29) is 5.91 Å². The first-order valence-electron chi connectivity index (χ1n) is 9.37. The van der Waals surface area contributed by atoms with E-state index in [2.05, 4.69) is 48.4 Å². The second kappa shape index (κ2) is 8.25. The van der Waals surface area contributed by atoms with Crippen molar-refractivity contribution >= 4 is 17.7 Å². The van der Waals surface area contributed by atoms with Gasteiger partial charge < -0.3 is 5.32 Å². The molecule has 0 radical (unpaired) electrons. The van der Waals surface area contributed by atoms with E-state index in [0.717, 1.165) is 23.1 Å². The smallest absolute Gasteiger partial charge is 0.230 e. The predicted molar refractivity (Wildman–Crippen MR) is 106 cm³/mol. The van der Waals surface area contributed by atoms with E-state index in [1.165, 1.54) is 30.2 Å². The van der Waals surface area contributed by atoms with Gasteiger partial charge in [-0.2, -0.15) is 0 Å². The number of hydrogen-bond acceptors (Lipinski definition) is 4. The summed E-state index contributed by atoms with van der Waals surface area (Å²) in [7, 11) is 0. The lowest BCUT2D eigenvalue weighted by Gasteiger charge is -2.34. The predicted octanol–water partition coefficient (Wildman–Crippen LogP) is 3.92. The van der Waals surface area contributed by atoms with Gasteiger partial charge in [0.15, 0.2) is 5.16 Å². The van der Waals surface area contributed by atoms with Gasteiger partial charge in [-0.05, 0) is 49.8 Å². The zero-order valence-electron chi connectivity index (χ0n) is 16.0. The highest BCUT2D eigenvalue weighted by Crippen LogP contribution is 2.29. The van der Waals surface area contributed by atoms with Gasteiger partial charge in [0.05, 0.1) is 5.75 Å². The maximum atomic E-state index is 12.5. The highest BCUT2D eigenvalue weighted by Gasteiger charge is 2.28. The number of aromatic nitrogens is 3. The molecule has 0 saturated heterocycles. The standard InChI is InChI=1S/C20H28N4OS/c1-13-7-5-9-17(11-13)24-16(4)22-23-20(24)26-12-19(25)21-18-10-6-8-14(2)15(18)3/h5,7,9,11,14-15,18H,6,8,10,12H2,1-4H3,(H,21,25)/t14-,15-,18-/m0/s1. The molecule has 1 aliphatic rings. The Morgan fingerprint density at radius 3 is 2.85 bits per heavy atom. The molecule has 0 bridgehead atoms. The van der Waals surface area contributed by atoms with Gasteiger partial charge in [-0.25, -0.2) is 0 Å². The van der Waals surface area contributed by atoms with Crippen molar-refractivity contribution in [2.75, 3.05) is 5.75 Å². The number of thioether (sulfide) groups is 1. The lowest BCUT2D eigenvalue weighted by molar-refractivity contribution is -0.120. The third-order valence-electron chi connectivity index (χ3n) is 5.44. The summed E-state index contributed by atoms with van der Waals surface area (Å²) in [5, 5.41) is 12.4. The third kappa shape index (κ3) is 4.29. The molecule has 1 aromatic carbocycles. The fourth-order valence-electron chi connectivity index (χ4n) is 3.66. The molecule has 2 aromatic rings. The minimum atomic E-state index is 0.0809.